The second-order valence-corrected chi connectivity index (χ2v) is 13.0. The Morgan fingerprint density at radius 3 is 2.26 bits per heavy atom. The molecule has 2 heterocycles. The second-order valence-electron chi connectivity index (χ2n) is 7.20. The number of hydrogen-bond acceptors (Lipinski definition) is 8. The van der Waals surface area contributed by atoms with E-state index in [4.69, 9.17) is 24.4 Å². The molecule has 0 bridgehead atoms. The van der Waals surface area contributed by atoms with Crippen LogP contribution in [0.2, 0.25) is 18.1 Å². The number of ether oxygens (including phenoxy) is 3. The van der Waals surface area contributed by atoms with Crippen LogP contribution < -0.4 is 10.5 Å². The van der Waals surface area contributed by atoms with Crippen molar-refractivity contribution in [1.82, 2.24) is 10.2 Å². The largest absolute Gasteiger partial charge is 0.466 e. The average molecular weight is 362 g/mol. The maximum Gasteiger partial charge on any atom is 0.295 e. The summed E-state index contributed by atoms with van der Waals surface area (Å²) in [7, 11) is -1.75. The van der Waals surface area contributed by atoms with Gasteiger partial charge in [0.1, 0.15) is 18.8 Å². The van der Waals surface area contributed by atoms with Gasteiger partial charge in [-0.15, -0.1) is 5.10 Å². The first kappa shape index (κ1) is 18.6. The molecule has 0 radical (unpaired) electrons. The van der Waals surface area contributed by atoms with E-state index < -0.39 is 8.32 Å². The Morgan fingerprint density at radius 2 is 1.78 bits per heavy atom. The summed E-state index contributed by atoms with van der Waals surface area (Å²) < 4.78 is 23.3. The molecule has 1 aliphatic rings. The summed E-state index contributed by atoms with van der Waals surface area (Å²) in [6.45, 7) is 13.1. The molecule has 1 saturated heterocycles. The van der Waals surface area contributed by atoms with Crippen LogP contribution in [0.3, 0.4) is 0 Å². The van der Waals surface area contributed by atoms with Crippen LogP contribution in [0.4, 0.5) is 5.13 Å². The number of anilines is 1. The number of aromatic nitrogens is 2. The molecule has 0 spiro atoms. The van der Waals surface area contributed by atoms with Crippen LogP contribution in [0.25, 0.3) is 0 Å². The van der Waals surface area contributed by atoms with Gasteiger partial charge in [0, 0.05) is 0 Å². The Labute approximate surface area is 142 Å². The summed E-state index contributed by atoms with van der Waals surface area (Å²) in [5.74, 6) is 0. The van der Waals surface area contributed by atoms with Crippen LogP contribution in [-0.4, -0.2) is 57.2 Å². The highest BCUT2D eigenvalue weighted by atomic mass is 32.1. The lowest BCUT2D eigenvalue weighted by molar-refractivity contribution is -0.151. The predicted molar refractivity (Wildman–Crippen MR) is 92.4 cm³/mol. The van der Waals surface area contributed by atoms with Gasteiger partial charge in [0.15, 0.2) is 8.32 Å². The zero-order chi connectivity index (χ0) is 17.1. The Bertz CT molecular complexity index is 498. The molecule has 7 nitrogen and oxygen atoms in total. The summed E-state index contributed by atoms with van der Waals surface area (Å²) in [5.41, 5.74) is 5.50. The van der Waals surface area contributed by atoms with Gasteiger partial charge in [-0.2, -0.15) is 0 Å². The molecule has 0 aliphatic carbocycles. The van der Waals surface area contributed by atoms with Gasteiger partial charge in [0.2, 0.25) is 5.13 Å². The first-order chi connectivity index (χ1) is 10.7. The van der Waals surface area contributed by atoms with Crippen molar-refractivity contribution < 1.29 is 18.6 Å². The molecule has 1 aromatic rings. The molecular weight excluding hydrogens is 334 g/mol. The van der Waals surface area contributed by atoms with Crippen molar-refractivity contribution in [3.8, 4) is 5.19 Å². The summed E-state index contributed by atoms with van der Waals surface area (Å²) in [6.07, 6.45) is -0.123. The Hall–Kier alpha value is -0.743. The molecule has 1 aromatic heterocycles. The van der Waals surface area contributed by atoms with E-state index in [0.717, 1.165) is 0 Å². The standard InChI is InChI=1S/C14H27N3O4SSi/c1-14(2,3)23(4,5)21-9-11-7-18-10(6-19-11)8-20-13-17-16-12(15)22-13/h10-11H,6-9H2,1-5H3,(H2,15,16). The molecule has 9 heteroatoms. The van der Waals surface area contributed by atoms with Crippen LogP contribution in [-0.2, 0) is 13.9 Å². The quantitative estimate of drug-likeness (QED) is 0.778. The number of nitrogens with zero attached hydrogens (tertiary/aromatic N) is 2. The molecule has 2 atom stereocenters. The lowest BCUT2D eigenvalue weighted by atomic mass is 10.2. The van der Waals surface area contributed by atoms with E-state index in [9.17, 15) is 0 Å². The lowest BCUT2D eigenvalue weighted by Gasteiger charge is -2.38. The van der Waals surface area contributed by atoms with Crippen molar-refractivity contribution in [2.75, 3.05) is 32.2 Å². The summed E-state index contributed by atoms with van der Waals surface area (Å²) in [6, 6.07) is 0. The van der Waals surface area contributed by atoms with Crippen molar-refractivity contribution >= 4 is 24.8 Å². The minimum absolute atomic E-state index is 0.0162. The highest BCUT2D eigenvalue weighted by Crippen LogP contribution is 2.36. The first-order valence-electron chi connectivity index (χ1n) is 7.76. The van der Waals surface area contributed by atoms with Crippen LogP contribution in [0.15, 0.2) is 0 Å². The molecule has 132 valence electrons. The maximum absolute atomic E-state index is 6.17. The molecule has 1 aliphatic heterocycles. The Balaban J connectivity index is 1.68. The zero-order valence-electron chi connectivity index (χ0n) is 14.5. The minimum atomic E-state index is -1.75. The summed E-state index contributed by atoms with van der Waals surface area (Å²) in [5, 5.41) is 8.54. The highest BCUT2D eigenvalue weighted by molar-refractivity contribution is 7.16. The Morgan fingerprint density at radius 1 is 1.17 bits per heavy atom. The number of nitrogen functional groups attached to an aromatic ring is 1. The van der Waals surface area contributed by atoms with E-state index in [2.05, 4.69) is 44.1 Å². The average Bonchev–Trinajstić information content (AvgIpc) is 2.88. The van der Waals surface area contributed by atoms with Gasteiger partial charge in [-0.05, 0) is 29.5 Å². The maximum atomic E-state index is 6.17. The van der Waals surface area contributed by atoms with Gasteiger partial charge in [0.25, 0.3) is 5.19 Å². The van der Waals surface area contributed by atoms with Gasteiger partial charge in [-0.25, -0.2) is 0 Å². The smallest absolute Gasteiger partial charge is 0.295 e. The molecular formula is C14H27N3O4SSi. The van der Waals surface area contributed by atoms with Crippen molar-refractivity contribution in [1.29, 1.82) is 0 Å². The highest BCUT2D eigenvalue weighted by Gasteiger charge is 2.38. The van der Waals surface area contributed by atoms with E-state index in [1.54, 1.807) is 0 Å². The van der Waals surface area contributed by atoms with E-state index in [-0.39, 0.29) is 17.2 Å². The van der Waals surface area contributed by atoms with Crippen LogP contribution in [0.5, 0.6) is 5.19 Å². The van der Waals surface area contributed by atoms with E-state index >= 15 is 0 Å². The van der Waals surface area contributed by atoms with Crippen molar-refractivity contribution in [3.63, 3.8) is 0 Å². The summed E-state index contributed by atoms with van der Waals surface area (Å²) >= 11 is 1.21. The second kappa shape index (κ2) is 7.43. The van der Waals surface area contributed by atoms with Crippen molar-refractivity contribution in [2.24, 2.45) is 0 Å². The fraction of sp³-hybridized carbons (Fsp3) is 0.857. The third-order valence-electron chi connectivity index (χ3n) is 4.29. The van der Waals surface area contributed by atoms with Gasteiger partial charge >= 0.3 is 0 Å². The van der Waals surface area contributed by atoms with E-state index in [1.165, 1.54) is 11.3 Å². The Kier molecular flexibility index (Phi) is 6.01. The van der Waals surface area contributed by atoms with E-state index in [1.807, 2.05) is 0 Å². The number of hydrogen-bond donors (Lipinski definition) is 1. The van der Waals surface area contributed by atoms with Crippen LogP contribution in [0.1, 0.15) is 20.8 Å². The molecule has 2 unspecified atom stereocenters. The third kappa shape index (κ3) is 5.39. The molecule has 0 saturated carbocycles. The molecule has 0 amide bonds. The van der Waals surface area contributed by atoms with E-state index in [0.29, 0.717) is 36.8 Å². The van der Waals surface area contributed by atoms with Crippen LogP contribution >= 0.6 is 11.3 Å². The topological polar surface area (TPSA) is 88.7 Å². The molecule has 23 heavy (non-hydrogen) atoms. The molecule has 2 rings (SSSR count). The molecule has 0 aromatic carbocycles. The number of nitrogens with two attached hydrogens (primary N) is 1. The van der Waals surface area contributed by atoms with Gasteiger partial charge in [-0.3, -0.25) is 0 Å². The fourth-order valence-corrected chi connectivity index (χ4v) is 3.24. The predicted octanol–water partition coefficient (Wildman–Crippen LogP) is 2.30. The van der Waals surface area contributed by atoms with Gasteiger partial charge < -0.3 is 24.4 Å². The van der Waals surface area contributed by atoms with Crippen LogP contribution in [0, 0.1) is 0 Å². The SMILES string of the molecule is CC(C)(C)[Si](C)(C)OCC1COC(COc2nnc(N)s2)CO1. The van der Waals surface area contributed by atoms with Crippen molar-refractivity contribution in [3.05, 3.63) is 0 Å². The zero-order valence-corrected chi connectivity index (χ0v) is 16.3. The minimum Gasteiger partial charge on any atom is -0.466 e. The third-order valence-corrected chi connectivity index (χ3v) is 9.45. The molecule has 1 fully saturated rings. The number of rotatable bonds is 6. The normalized spacial score (nSPS) is 23.0. The summed E-state index contributed by atoms with van der Waals surface area (Å²) in [4.78, 5) is 0. The van der Waals surface area contributed by atoms with Gasteiger partial charge in [-0.1, -0.05) is 25.9 Å². The fourth-order valence-electron chi connectivity index (χ4n) is 1.74. The lowest BCUT2D eigenvalue weighted by Crippen LogP contribution is -2.46. The van der Waals surface area contributed by atoms with Gasteiger partial charge in [0.05, 0.1) is 19.8 Å². The monoisotopic (exact) mass is 361 g/mol. The van der Waals surface area contributed by atoms with Crippen molar-refractivity contribution in [2.45, 2.75) is 51.1 Å². The molecule has 2 N–H and O–H groups in total. The first-order valence-corrected chi connectivity index (χ1v) is 11.5.